The van der Waals surface area contributed by atoms with E-state index in [1.165, 1.54) is 18.2 Å². The Balaban J connectivity index is 2.99. The third-order valence-electron chi connectivity index (χ3n) is 2.94. The second-order valence-electron chi connectivity index (χ2n) is 5.01. The van der Waals surface area contributed by atoms with Crippen LogP contribution >= 0.6 is 0 Å². The molecular formula is C14H18F3NO2. The van der Waals surface area contributed by atoms with Crippen molar-refractivity contribution in [2.24, 2.45) is 5.92 Å². The summed E-state index contributed by atoms with van der Waals surface area (Å²) in [6.45, 7) is 3.86. The van der Waals surface area contributed by atoms with Gasteiger partial charge in [0.2, 0.25) is 0 Å². The Morgan fingerprint density at radius 3 is 2.25 bits per heavy atom. The monoisotopic (exact) mass is 289 g/mol. The van der Waals surface area contributed by atoms with E-state index >= 15 is 0 Å². The molecule has 0 radical (unpaired) electrons. The molecule has 1 unspecified atom stereocenters. The van der Waals surface area contributed by atoms with E-state index in [-0.39, 0.29) is 12.5 Å². The van der Waals surface area contributed by atoms with E-state index in [9.17, 15) is 23.1 Å². The van der Waals surface area contributed by atoms with Crippen LogP contribution in [-0.2, 0) is 10.4 Å². The zero-order valence-corrected chi connectivity index (χ0v) is 11.4. The first-order valence-corrected chi connectivity index (χ1v) is 6.32. The lowest BCUT2D eigenvalue weighted by Gasteiger charge is -2.29. The van der Waals surface area contributed by atoms with Gasteiger partial charge in [-0.2, -0.15) is 13.2 Å². The van der Waals surface area contributed by atoms with E-state index in [0.29, 0.717) is 6.42 Å². The second kappa shape index (κ2) is 6.26. The second-order valence-corrected chi connectivity index (χ2v) is 5.01. The molecule has 0 fully saturated rings. The standard InChI is InChI=1S/C14H18F3NO2/c1-10(2)8-9-18-12(19)13(20,14(15,16)17)11-6-4-3-5-7-11/h3-7,10,20H,8-9H2,1-2H3,(H,18,19). The van der Waals surface area contributed by atoms with E-state index in [2.05, 4.69) is 5.32 Å². The molecule has 20 heavy (non-hydrogen) atoms. The number of benzene rings is 1. The zero-order chi connectivity index (χ0) is 15.4. The van der Waals surface area contributed by atoms with Crippen LogP contribution in [0, 0.1) is 5.92 Å². The Morgan fingerprint density at radius 1 is 1.25 bits per heavy atom. The topological polar surface area (TPSA) is 49.3 Å². The first-order chi connectivity index (χ1) is 9.19. The lowest BCUT2D eigenvalue weighted by atomic mass is 9.92. The van der Waals surface area contributed by atoms with E-state index < -0.39 is 23.2 Å². The SMILES string of the molecule is CC(C)CCNC(=O)C(O)(c1ccccc1)C(F)(F)F. The maximum Gasteiger partial charge on any atom is 0.430 e. The molecule has 3 nitrogen and oxygen atoms in total. The Bertz CT molecular complexity index is 445. The largest absolute Gasteiger partial charge is 0.430 e. The van der Waals surface area contributed by atoms with Crippen LogP contribution in [-0.4, -0.2) is 23.7 Å². The number of amides is 1. The van der Waals surface area contributed by atoms with Crippen molar-refractivity contribution in [2.75, 3.05) is 6.54 Å². The smallest absolute Gasteiger partial charge is 0.369 e. The van der Waals surface area contributed by atoms with E-state index in [4.69, 9.17) is 0 Å². The van der Waals surface area contributed by atoms with E-state index in [1.807, 2.05) is 13.8 Å². The first kappa shape index (κ1) is 16.5. The predicted octanol–water partition coefficient (Wildman–Crippen LogP) is 2.60. The average molecular weight is 289 g/mol. The molecule has 0 saturated carbocycles. The normalized spacial score (nSPS) is 14.9. The molecule has 0 heterocycles. The van der Waals surface area contributed by atoms with Crippen LogP contribution in [0.5, 0.6) is 0 Å². The summed E-state index contributed by atoms with van der Waals surface area (Å²) in [6, 6.07) is 6.35. The first-order valence-electron chi connectivity index (χ1n) is 6.32. The molecule has 1 aromatic rings. The highest BCUT2D eigenvalue weighted by Crippen LogP contribution is 2.39. The van der Waals surface area contributed by atoms with Gasteiger partial charge in [0.25, 0.3) is 11.5 Å². The van der Waals surface area contributed by atoms with Gasteiger partial charge in [0.15, 0.2) is 0 Å². The molecule has 1 atom stereocenters. The van der Waals surface area contributed by atoms with Crippen LogP contribution in [0.1, 0.15) is 25.8 Å². The lowest BCUT2D eigenvalue weighted by Crippen LogP contribution is -2.54. The van der Waals surface area contributed by atoms with Gasteiger partial charge in [-0.05, 0) is 12.3 Å². The van der Waals surface area contributed by atoms with Crippen LogP contribution in [0.3, 0.4) is 0 Å². The van der Waals surface area contributed by atoms with Crippen molar-refractivity contribution in [3.05, 3.63) is 35.9 Å². The van der Waals surface area contributed by atoms with Crippen LogP contribution < -0.4 is 5.32 Å². The third-order valence-corrected chi connectivity index (χ3v) is 2.94. The summed E-state index contributed by atoms with van der Waals surface area (Å²) in [5, 5.41) is 12.1. The minimum Gasteiger partial charge on any atom is -0.369 e. The van der Waals surface area contributed by atoms with Gasteiger partial charge in [-0.3, -0.25) is 4.79 Å². The molecule has 0 aliphatic heterocycles. The van der Waals surface area contributed by atoms with E-state index in [1.54, 1.807) is 0 Å². The molecule has 1 amide bonds. The highest BCUT2D eigenvalue weighted by atomic mass is 19.4. The maximum atomic E-state index is 13.1. The quantitative estimate of drug-likeness (QED) is 0.875. The Morgan fingerprint density at radius 2 is 1.80 bits per heavy atom. The highest BCUT2D eigenvalue weighted by molar-refractivity contribution is 5.87. The Hall–Kier alpha value is -1.56. The van der Waals surface area contributed by atoms with Crippen molar-refractivity contribution in [3.8, 4) is 0 Å². The summed E-state index contributed by atoms with van der Waals surface area (Å²) in [5.74, 6) is -1.21. The predicted molar refractivity (Wildman–Crippen MR) is 68.9 cm³/mol. The van der Waals surface area contributed by atoms with Crippen LogP contribution in [0.4, 0.5) is 13.2 Å². The number of alkyl halides is 3. The van der Waals surface area contributed by atoms with Crippen LogP contribution in [0.15, 0.2) is 30.3 Å². The molecular weight excluding hydrogens is 271 g/mol. The summed E-state index contributed by atoms with van der Waals surface area (Å²) in [6.07, 6.45) is -4.55. The van der Waals surface area contributed by atoms with Gasteiger partial charge in [0.05, 0.1) is 0 Å². The van der Waals surface area contributed by atoms with Gasteiger partial charge in [0.1, 0.15) is 0 Å². The number of aliphatic hydroxyl groups is 1. The fourth-order valence-electron chi connectivity index (χ4n) is 1.71. The van der Waals surface area contributed by atoms with Crippen molar-refractivity contribution in [3.63, 3.8) is 0 Å². The van der Waals surface area contributed by atoms with Crippen molar-refractivity contribution in [2.45, 2.75) is 32.0 Å². The van der Waals surface area contributed by atoms with Crippen molar-refractivity contribution < 1.29 is 23.1 Å². The number of halogens is 3. The fraction of sp³-hybridized carbons (Fsp3) is 0.500. The van der Waals surface area contributed by atoms with Crippen molar-refractivity contribution >= 4 is 5.91 Å². The third kappa shape index (κ3) is 3.50. The number of nitrogens with one attached hydrogen (secondary N) is 1. The molecule has 0 aliphatic rings. The minimum atomic E-state index is -5.09. The highest BCUT2D eigenvalue weighted by Gasteiger charge is 2.60. The number of hydrogen-bond acceptors (Lipinski definition) is 2. The maximum absolute atomic E-state index is 13.1. The molecule has 0 aliphatic carbocycles. The van der Waals surface area contributed by atoms with Crippen LogP contribution in [0.25, 0.3) is 0 Å². The number of carbonyl (C=O) groups is 1. The van der Waals surface area contributed by atoms with Gasteiger partial charge in [0, 0.05) is 12.1 Å². The molecule has 1 rings (SSSR count). The summed E-state index contributed by atoms with van der Waals surface area (Å²) < 4.78 is 39.3. The van der Waals surface area contributed by atoms with Crippen molar-refractivity contribution in [1.29, 1.82) is 0 Å². The number of rotatable bonds is 5. The van der Waals surface area contributed by atoms with Crippen molar-refractivity contribution in [1.82, 2.24) is 5.32 Å². The molecule has 0 bridgehead atoms. The summed E-state index contributed by atoms with van der Waals surface area (Å²) >= 11 is 0. The Labute approximate surface area is 115 Å². The molecule has 112 valence electrons. The van der Waals surface area contributed by atoms with Gasteiger partial charge < -0.3 is 10.4 Å². The molecule has 0 spiro atoms. The van der Waals surface area contributed by atoms with Gasteiger partial charge in [-0.1, -0.05) is 44.2 Å². The lowest BCUT2D eigenvalue weighted by molar-refractivity contribution is -0.257. The molecule has 2 N–H and O–H groups in total. The summed E-state index contributed by atoms with van der Waals surface area (Å²) in [7, 11) is 0. The summed E-state index contributed by atoms with van der Waals surface area (Å²) in [4.78, 5) is 11.8. The zero-order valence-electron chi connectivity index (χ0n) is 11.4. The van der Waals surface area contributed by atoms with Gasteiger partial charge in [-0.25, -0.2) is 0 Å². The summed E-state index contributed by atoms with van der Waals surface area (Å²) in [5.41, 5.74) is -4.01. The van der Waals surface area contributed by atoms with Crippen LogP contribution in [0.2, 0.25) is 0 Å². The fourth-order valence-corrected chi connectivity index (χ4v) is 1.71. The molecule has 6 heteroatoms. The molecule has 0 aromatic heterocycles. The van der Waals surface area contributed by atoms with Gasteiger partial charge in [-0.15, -0.1) is 0 Å². The average Bonchev–Trinajstić information content (AvgIpc) is 2.36. The molecule has 1 aromatic carbocycles. The molecule has 0 saturated heterocycles. The number of carbonyl (C=O) groups excluding carboxylic acids is 1. The number of hydrogen-bond donors (Lipinski definition) is 2. The minimum absolute atomic E-state index is 0.0850. The van der Waals surface area contributed by atoms with E-state index in [0.717, 1.165) is 12.1 Å². The Kier molecular flexibility index (Phi) is 5.16. The van der Waals surface area contributed by atoms with Gasteiger partial charge >= 0.3 is 6.18 Å².